The highest BCUT2D eigenvalue weighted by molar-refractivity contribution is 5.90. The number of hydrogen-bond donors (Lipinski definition) is 2. The fraction of sp³-hybridized carbons (Fsp3) is 0.357. The second kappa shape index (κ2) is 6.74. The molecule has 1 aliphatic rings. The first-order valence-electron chi connectivity index (χ1n) is 6.65. The van der Waals surface area contributed by atoms with Crippen LogP contribution in [0.25, 0.3) is 0 Å². The van der Waals surface area contributed by atoms with Gasteiger partial charge >= 0.3 is 12.1 Å². The zero-order chi connectivity index (χ0) is 15.2. The highest BCUT2D eigenvalue weighted by atomic mass is 16.7. The van der Waals surface area contributed by atoms with Crippen LogP contribution in [0.4, 0.5) is 4.79 Å². The zero-order valence-electron chi connectivity index (χ0n) is 11.4. The lowest BCUT2D eigenvalue weighted by atomic mass is 9.96. The molecule has 1 saturated heterocycles. The van der Waals surface area contributed by atoms with Gasteiger partial charge in [-0.1, -0.05) is 23.4 Å². The van der Waals surface area contributed by atoms with Crippen molar-refractivity contribution < 1.29 is 19.5 Å². The molecule has 0 aromatic heterocycles. The molecule has 1 fully saturated rings. The molecule has 1 heterocycles. The predicted octanol–water partition coefficient (Wildman–Crippen LogP) is 1.51. The summed E-state index contributed by atoms with van der Waals surface area (Å²) in [6, 6.07) is 8.50. The Balaban J connectivity index is 1.87. The van der Waals surface area contributed by atoms with Gasteiger partial charge in [0.05, 0.1) is 5.56 Å². The predicted molar refractivity (Wildman–Crippen MR) is 75.8 cm³/mol. The number of oxime groups is 1. The van der Waals surface area contributed by atoms with Crippen LogP contribution in [0.3, 0.4) is 0 Å². The second-order valence-corrected chi connectivity index (χ2v) is 4.80. The minimum Gasteiger partial charge on any atom is -0.465 e. The van der Waals surface area contributed by atoms with Crippen LogP contribution in [-0.4, -0.2) is 41.0 Å². The molecule has 21 heavy (non-hydrogen) atoms. The fourth-order valence-electron chi connectivity index (χ4n) is 2.16. The van der Waals surface area contributed by atoms with E-state index in [-0.39, 0.29) is 11.8 Å². The van der Waals surface area contributed by atoms with Gasteiger partial charge in [0.1, 0.15) is 5.84 Å². The summed E-state index contributed by atoms with van der Waals surface area (Å²) in [5.74, 6) is -0.407. The number of carbonyl (C=O) groups excluding carboxylic acids is 1. The van der Waals surface area contributed by atoms with Crippen molar-refractivity contribution in [1.29, 1.82) is 0 Å². The number of carbonyl (C=O) groups is 2. The molecule has 7 nitrogen and oxygen atoms in total. The highest BCUT2D eigenvalue weighted by Gasteiger charge is 2.25. The van der Waals surface area contributed by atoms with Gasteiger partial charge in [0.15, 0.2) is 0 Å². The lowest BCUT2D eigenvalue weighted by Gasteiger charge is -2.29. The Kier molecular flexibility index (Phi) is 4.76. The zero-order valence-corrected chi connectivity index (χ0v) is 11.4. The van der Waals surface area contributed by atoms with Crippen LogP contribution in [0.2, 0.25) is 0 Å². The number of nitrogens with two attached hydrogens (primary N) is 1. The maximum Gasteiger partial charge on any atom is 0.407 e. The topological polar surface area (TPSA) is 105 Å². The molecule has 1 amide bonds. The normalized spacial score (nSPS) is 16.6. The average Bonchev–Trinajstić information content (AvgIpc) is 2.53. The van der Waals surface area contributed by atoms with E-state index < -0.39 is 12.1 Å². The molecule has 7 heteroatoms. The maximum absolute atomic E-state index is 11.7. The van der Waals surface area contributed by atoms with Crippen molar-refractivity contribution in [2.24, 2.45) is 16.8 Å². The summed E-state index contributed by atoms with van der Waals surface area (Å²) in [5.41, 5.74) is 6.20. The molecular weight excluding hydrogens is 274 g/mol. The van der Waals surface area contributed by atoms with Crippen LogP contribution in [0.1, 0.15) is 23.2 Å². The molecule has 0 atom stereocenters. The van der Waals surface area contributed by atoms with Crippen LogP contribution >= 0.6 is 0 Å². The molecule has 0 bridgehead atoms. The summed E-state index contributed by atoms with van der Waals surface area (Å²) in [4.78, 5) is 28.6. The summed E-state index contributed by atoms with van der Waals surface area (Å²) in [6.07, 6.45) is 0.217. The van der Waals surface area contributed by atoms with E-state index in [0.717, 1.165) is 0 Å². The van der Waals surface area contributed by atoms with Gasteiger partial charge in [0.25, 0.3) is 0 Å². The summed E-state index contributed by atoms with van der Waals surface area (Å²) in [6.45, 7) is 0.811. The smallest absolute Gasteiger partial charge is 0.407 e. The Morgan fingerprint density at radius 1 is 1.24 bits per heavy atom. The van der Waals surface area contributed by atoms with E-state index in [1.54, 1.807) is 30.3 Å². The van der Waals surface area contributed by atoms with Gasteiger partial charge in [-0.05, 0) is 25.0 Å². The number of nitrogens with zero attached hydrogens (tertiary/aromatic N) is 2. The molecule has 0 aliphatic carbocycles. The number of hydrogen-bond acceptors (Lipinski definition) is 4. The molecule has 2 rings (SSSR count). The van der Waals surface area contributed by atoms with E-state index in [1.165, 1.54) is 4.90 Å². The number of carboxylic acid groups (broad SMARTS) is 1. The van der Waals surface area contributed by atoms with Crippen molar-refractivity contribution in [3.05, 3.63) is 35.9 Å². The molecule has 1 aromatic carbocycles. The third-order valence-corrected chi connectivity index (χ3v) is 3.43. The van der Waals surface area contributed by atoms with Crippen LogP contribution in [0, 0.1) is 5.92 Å². The largest absolute Gasteiger partial charge is 0.465 e. The van der Waals surface area contributed by atoms with E-state index in [4.69, 9.17) is 15.7 Å². The molecule has 0 spiro atoms. The number of rotatable bonds is 3. The van der Waals surface area contributed by atoms with Gasteiger partial charge in [-0.15, -0.1) is 0 Å². The Morgan fingerprint density at radius 3 is 2.43 bits per heavy atom. The van der Waals surface area contributed by atoms with Crippen molar-refractivity contribution in [3.8, 4) is 0 Å². The lowest BCUT2D eigenvalue weighted by molar-refractivity contribution is 0.0512. The third kappa shape index (κ3) is 3.95. The van der Waals surface area contributed by atoms with Gasteiger partial charge in [-0.25, -0.2) is 9.59 Å². The van der Waals surface area contributed by atoms with Crippen LogP contribution in [-0.2, 0) is 4.84 Å². The third-order valence-electron chi connectivity index (χ3n) is 3.43. The highest BCUT2D eigenvalue weighted by Crippen LogP contribution is 2.17. The molecule has 1 aromatic rings. The number of amides is 1. The van der Waals surface area contributed by atoms with E-state index >= 15 is 0 Å². The minimum absolute atomic E-state index is 0.0656. The summed E-state index contributed by atoms with van der Waals surface area (Å²) in [7, 11) is 0. The molecule has 3 N–H and O–H groups in total. The molecular formula is C14H17N3O4. The summed E-state index contributed by atoms with van der Waals surface area (Å²) in [5, 5.41) is 12.5. The van der Waals surface area contributed by atoms with Crippen molar-refractivity contribution in [2.75, 3.05) is 13.1 Å². The number of amidine groups is 1. The van der Waals surface area contributed by atoms with Gasteiger partial charge in [0, 0.05) is 19.0 Å². The first-order valence-corrected chi connectivity index (χ1v) is 6.65. The molecule has 1 aliphatic heterocycles. The first kappa shape index (κ1) is 14.8. The quantitative estimate of drug-likeness (QED) is 0.380. The van der Waals surface area contributed by atoms with Crippen LogP contribution < -0.4 is 5.73 Å². The minimum atomic E-state index is -0.931. The van der Waals surface area contributed by atoms with Crippen LogP contribution in [0.15, 0.2) is 35.5 Å². The van der Waals surface area contributed by atoms with Crippen molar-refractivity contribution in [2.45, 2.75) is 12.8 Å². The van der Waals surface area contributed by atoms with Crippen molar-refractivity contribution >= 4 is 17.9 Å². The van der Waals surface area contributed by atoms with Gasteiger partial charge in [0.2, 0.25) is 0 Å². The molecule has 0 saturated carbocycles. The SMILES string of the molecule is NC(=NOC(=O)c1ccccc1)C1CCN(C(=O)O)CC1. The van der Waals surface area contributed by atoms with Gasteiger partial charge in [-0.2, -0.15) is 0 Å². The van der Waals surface area contributed by atoms with Crippen LogP contribution in [0.5, 0.6) is 0 Å². The summed E-state index contributed by atoms with van der Waals surface area (Å²) >= 11 is 0. The second-order valence-electron chi connectivity index (χ2n) is 4.80. The van der Waals surface area contributed by atoms with E-state index in [9.17, 15) is 9.59 Å². The number of piperidine rings is 1. The van der Waals surface area contributed by atoms with Crippen molar-refractivity contribution in [1.82, 2.24) is 4.90 Å². The monoisotopic (exact) mass is 291 g/mol. The van der Waals surface area contributed by atoms with Gasteiger partial charge in [-0.3, -0.25) is 0 Å². The first-order chi connectivity index (χ1) is 10.1. The number of likely N-dealkylation sites (tertiary alicyclic amines) is 1. The standard InChI is InChI=1S/C14H17N3O4/c15-12(10-6-8-17(9-7-10)14(19)20)16-21-13(18)11-4-2-1-3-5-11/h1-5,10H,6-9H2,(H2,15,16)(H,19,20). The maximum atomic E-state index is 11.7. The number of benzene rings is 1. The Hall–Kier alpha value is -2.57. The lowest BCUT2D eigenvalue weighted by Crippen LogP contribution is -2.41. The summed E-state index contributed by atoms with van der Waals surface area (Å²) < 4.78 is 0. The Labute approximate surface area is 122 Å². The van der Waals surface area contributed by atoms with E-state index in [0.29, 0.717) is 31.5 Å². The molecule has 0 unspecified atom stereocenters. The molecule has 112 valence electrons. The Bertz CT molecular complexity index is 536. The van der Waals surface area contributed by atoms with Crippen molar-refractivity contribution in [3.63, 3.8) is 0 Å². The van der Waals surface area contributed by atoms with E-state index in [1.807, 2.05) is 0 Å². The molecule has 0 radical (unpaired) electrons. The average molecular weight is 291 g/mol. The van der Waals surface area contributed by atoms with E-state index in [2.05, 4.69) is 5.16 Å². The fourth-order valence-corrected chi connectivity index (χ4v) is 2.16. The Morgan fingerprint density at radius 2 is 1.86 bits per heavy atom. The van der Waals surface area contributed by atoms with Gasteiger partial charge < -0.3 is 20.6 Å².